The largest absolute Gasteiger partial charge is 0.444 e. The Kier molecular flexibility index (Phi) is 6.88. The monoisotopic (exact) mass is 417 g/mol. The number of amides is 2. The fourth-order valence-corrected chi connectivity index (χ4v) is 3.05. The average Bonchev–Trinajstić information content (AvgIpc) is 2.59. The molecule has 1 aromatic rings. The molecule has 0 saturated carbocycles. The molecule has 1 fully saturated rings. The van der Waals surface area contributed by atoms with E-state index in [1.807, 2.05) is 0 Å². The number of piperidine rings is 1. The molecular weight excluding hydrogens is 392 g/mol. The van der Waals surface area contributed by atoms with Crippen molar-refractivity contribution >= 4 is 23.6 Å². The van der Waals surface area contributed by atoms with Crippen molar-refractivity contribution in [3.05, 3.63) is 34.9 Å². The summed E-state index contributed by atoms with van der Waals surface area (Å²) in [6.45, 7) is 5.73. The summed E-state index contributed by atoms with van der Waals surface area (Å²) in [5.41, 5.74) is 4.64. The predicted molar refractivity (Wildman–Crippen MR) is 102 cm³/mol. The number of benzene rings is 1. The lowest BCUT2D eigenvalue weighted by atomic mass is 9.98. The minimum absolute atomic E-state index is 0.188. The van der Waals surface area contributed by atoms with E-state index in [1.54, 1.807) is 20.8 Å². The minimum Gasteiger partial charge on any atom is -0.444 e. The Hall–Kier alpha value is -1.93. The van der Waals surface area contributed by atoms with Gasteiger partial charge in [-0.05, 0) is 45.7 Å². The van der Waals surface area contributed by atoms with Crippen molar-refractivity contribution < 1.29 is 23.1 Å². The SMILES string of the molecule is CC(C)(C)OC(=O)NC1CCN(C(=O)C(N)C(F)(F)c2ccc(Cl)cc2)CC1. The van der Waals surface area contributed by atoms with Gasteiger partial charge in [0.15, 0.2) is 6.04 Å². The van der Waals surface area contributed by atoms with E-state index in [1.165, 1.54) is 17.0 Å². The number of ether oxygens (including phenoxy) is 1. The van der Waals surface area contributed by atoms with Gasteiger partial charge in [0.25, 0.3) is 5.92 Å². The summed E-state index contributed by atoms with van der Waals surface area (Å²) in [4.78, 5) is 25.6. The summed E-state index contributed by atoms with van der Waals surface area (Å²) >= 11 is 5.72. The molecule has 0 aliphatic carbocycles. The van der Waals surface area contributed by atoms with Crippen molar-refractivity contribution in [1.82, 2.24) is 10.2 Å². The first kappa shape index (κ1) is 22.4. The number of rotatable bonds is 4. The zero-order valence-electron chi connectivity index (χ0n) is 16.2. The molecule has 1 saturated heterocycles. The van der Waals surface area contributed by atoms with Gasteiger partial charge in [0.1, 0.15) is 5.60 Å². The minimum atomic E-state index is -3.52. The Labute approximate surface area is 168 Å². The summed E-state index contributed by atoms with van der Waals surface area (Å²) in [5.74, 6) is -4.34. The highest BCUT2D eigenvalue weighted by molar-refractivity contribution is 6.30. The number of nitrogens with two attached hydrogens (primary N) is 1. The lowest BCUT2D eigenvalue weighted by Gasteiger charge is -2.35. The van der Waals surface area contributed by atoms with E-state index in [9.17, 15) is 18.4 Å². The van der Waals surface area contributed by atoms with Crippen molar-refractivity contribution in [2.75, 3.05) is 13.1 Å². The lowest BCUT2D eigenvalue weighted by Crippen LogP contribution is -2.55. The van der Waals surface area contributed by atoms with Crippen LogP contribution in [0, 0.1) is 0 Å². The molecule has 9 heteroatoms. The number of alkyl halides is 2. The van der Waals surface area contributed by atoms with Gasteiger partial charge in [-0.25, -0.2) is 4.79 Å². The van der Waals surface area contributed by atoms with E-state index in [0.29, 0.717) is 17.9 Å². The standard InChI is InChI=1S/C19H26ClF2N3O3/c1-18(2,3)28-17(27)24-14-8-10-25(11-9-14)16(26)15(23)19(21,22)12-4-6-13(20)7-5-12/h4-7,14-15H,8-11,23H2,1-3H3,(H,24,27). The van der Waals surface area contributed by atoms with Gasteiger partial charge >= 0.3 is 6.09 Å². The maximum atomic E-state index is 14.6. The second-order valence-electron chi connectivity index (χ2n) is 7.85. The Morgan fingerprint density at radius 3 is 2.25 bits per heavy atom. The van der Waals surface area contributed by atoms with Crippen molar-refractivity contribution in [3.63, 3.8) is 0 Å². The van der Waals surface area contributed by atoms with Crippen LogP contribution in [0.5, 0.6) is 0 Å². The number of hydrogen-bond acceptors (Lipinski definition) is 4. The summed E-state index contributed by atoms with van der Waals surface area (Å²) in [6.07, 6.45) is 0.331. The molecule has 1 aliphatic heterocycles. The molecule has 0 bridgehead atoms. The van der Waals surface area contributed by atoms with Crippen molar-refractivity contribution in [2.45, 2.75) is 57.2 Å². The van der Waals surface area contributed by atoms with Gasteiger partial charge in [0.05, 0.1) is 0 Å². The number of alkyl carbamates (subject to hydrolysis) is 1. The number of halogens is 3. The van der Waals surface area contributed by atoms with Gasteiger partial charge in [-0.15, -0.1) is 0 Å². The first-order valence-corrected chi connectivity index (χ1v) is 9.45. The number of likely N-dealkylation sites (tertiary alicyclic amines) is 1. The lowest BCUT2D eigenvalue weighted by molar-refractivity contribution is -0.144. The van der Waals surface area contributed by atoms with Crippen LogP contribution in [0.4, 0.5) is 13.6 Å². The third-order valence-electron chi connectivity index (χ3n) is 4.41. The van der Waals surface area contributed by atoms with E-state index in [-0.39, 0.29) is 24.7 Å². The smallest absolute Gasteiger partial charge is 0.407 e. The molecule has 2 rings (SSSR count). The van der Waals surface area contributed by atoms with Gasteiger partial charge < -0.3 is 20.7 Å². The topological polar surface area (TPSA) is 84.7 Å². The Morgan fingerprint density at radius 1 is 1.21 bits per heavy atom. The molecule has 1 atom stereocenters. The van der Waals surface area contributed by atoms with Crippen LogP contribution in [0.15, 0.2) is 24.3 Å². The van der Waals surface area contributed by atoms with Crippen LogP contribution in [0.1, 0.15) is 39.2 Å². The molecular formula is C19H26ClF2N3O3. The highest BCUT2D eigenvalue weighted by Crippen LogP contribution is 2.32. The molecule has 1 heterocycles. The number of nitrogens with one attached hydrogen (secondary N) is 1. The van der Waals surface area contributed by atoms with Crippen LogP contribution in [0.3, 0.4) is 0 Å². The van der Waals surface area contributed by atoms with E-state index < -0.39 is 29.6 Å². The predicted octanol–water partition coefficient (Wildman–Crippen LogP) is 3.27. The van der Waals surface area contributed by atoms with E-state index >= 15 is 0 Å². The summed E-state index contributed by atoms with van der Waals surface area (Å²) in [6, 6.07) is 2.79. The van der Waals surface area contributed by atoms with Crippen LogP contribution in [-0.2, 0) is 15.5 Å². The molecule has 0 spiro atoms. The van der Waals surface area contributed by atoms with Gasteiger partial charge in [-0.1, -0.05) is 23.7 Å². The van der Waals surface area contributed by atoms with E-state index in [0.717, 1.165) is 12.1 Å². The normalized spacial score (nSPS) is 17.2. The first-order chi connectivity index (χ1) is 12.9. The van der Waals surface area contributed by atoms with Crippen molar-refractivity contribution in [1.29, 1.82) is 0 Å². The number of carbonyl (C=O) groups excluding carboxylic acids is 2. The summed E-state index contributed by atoms with van der Waals surface area (Å²) < 4.78 is 34.4. The molecule has 1 aliphatic rings. The third kappa shape index (κ3) is 5.78. The third-order valence-corrected chi connectivity index (χ3v) is 4.67. The fraction of sp³-hybridized carbons (Fsp3) is 0.579. The molecule has 2 amide bonds. The Balaban J connectivity index is 1.92. The zero-order chi connectivity index (χ0) is 21.1. The van der Waals surface area contributed by atoms with Crippen LogP contribution >= 0.6 is 11.6 Å². The van der Waals surface area contributed by atoms with Gasteiger partial charge in [0.2, 0.25) is 5.91 Å². The fourth-order valence-electron chi connectivity index (χ4n) is 2.92. The molecule has 156 valence electrons. The molecule has 6 nitrogen and oxygen atoms in total. The maximum absolute atomic E-state index is 14.6. The second-order valence-corrected chi connectivity index (χ2v) is 8.29. The van der Waals surface area contributed by atoms with Crippen LogP contribution in [-0.4, -0.2) is 47.7 Å². The summed E-state index contributed by atoms with van der Waals surface area (Å²) in [7, 11) is 0. The molecule has 1 aromatic carbocycles. The van der Waals surface area contributed by atoms with Crippen LogP contribution in [0.25, 0.3) is 0 Å². The van der Waals surface area contributed by atoms with Gasteiger partial charge in [-0.2, -0.15) is 8.78 Å². The van der Waals surface area contributed by atoms with Crippen LogP contribution in [0.2, 0.25) is 5.02 Å². The van der Waals surface area contributed by atoms with E-state index in [4.69, 9.17) is 22.1 Å². The molecule has 28 heavy (non-hydrogen) atoms. The molecule has 3 N–H and O–H groups in total. The first-order valence-electron chi connectivity index (χ1n) is 9.08. The Morgan fingerprint density at radius 2 is 1.75 bits per heavy atom. The second kappa shape index (κ2) is 8.61. The number of hydrogen-bond donors (Lipinski definition) is 2. The highest BCUT2D eigenvalue weighted by Gasteiger charge is 2.45. The average molecular weight is 418 g/mol. The number of carbonyl (C=O) groups is 2. The Bertz CT molecular complexity index is 699. The van der Waals surface area contributed by atoms with Gasteiger partial charge in [-0.3, -0.25) is 4.79 Å². The van der Waals surface area contributed by atoms with Gasteiger partial charge in [0, 0.05) is 29.7 Å². The number of nitrogens with zero attached hydrogens (tertiary/aromatic N) is 1. The highest BCUT2D eigenvalue weighted by atomic mass is 35.5. The molecule has 0 aromatic heterocycles. The molecule has 1 unspecified atom stereocenters. The zero-order valence-corrected chi connectivity index (χ0v) is 16.9. The van der Waals surface area contributed by atoms with Crippen molar-refractivity contribution in [3.8, 4) is 0 Å². The maximum Gasteiger partial charge on any atom is 0.407 e. The molecule has 0 radical (unpaired) electrons. The van der Waals surface area contributed by atoms with Crippen LogP contribution < -0.4 is 11.1 Å². The quantitative estimate of drug-likeness (QED) is 0.787. The van der Waals surface area contributed by atoms with E-state index in [2.05, 4.69) is 5.32 Å². The van der Waals surface area contributed by atoms with Crippen molar-refractivity contribution in [2.24, 2.45) is 5.73 Å². The summed E-state index contributed by atoms with van der Waals surface area (Å²) in [5, 5.41) is 3.05.